The molecule has 2 heterocycles. The van der Waals surface area contributed by atoms with Crippen LogP contribution in [0.25, 0.3) is 0 Å². The third kappa shape index (κ3) is 4.43. The first-order valence-corrected chi connectivity index (χ1v) is 8.64. The van der Waals surface area contributed by atoms with Crippen LogP contribution in [0.2, 0.25) is 0 Å². The van der Waals surface area contributed by atoms with Gasteiger partial charge in [0.25, 0.3) is 0 Å². The summed E-state index contributed by atoms with van der Waals surface area (Å²) in [5.41, 5.74) is 1.38. The van der Waals surface area contributed by atoms with Crippen molar-refractivity contribution >= 4 is 28.8 Å². The van der Waals surface area contributed by atoms with Crippen LogP contribution in [0.4, 0.5) is 24.7 Å². The van der Waals surface area contributed by atoms with Crippen molar-refractivity contribution in [3.05, 3.63) is 53.7 Å². The molecule has 1 aromatic carbocycles. The normalized spacial score (nSPS) is 15.1. The molecule has 0 bridgehead atoms. The molecule has 1 N–H and O–H groups in total. The number of alkyl halides is 3. The summed E-state index contributed by atoms with van der Waals surface area (Å²) in [6, 6.07) is 10.5. The minimum Gasteiger partial charge on any atom is -0.353 e. The number of thiocarbonyl (C=S) groups is 1. The molecule has 0 radical (unpaired) electrons. The van der Waals surface area contributed by atoms with Gasteiger partial charge in [0.1, 0.15) is 5.82 Å². The van der Waals surface area contributed by atoms with Gasteiger partial charge in [0.15, 0.2) is 5.11 Å². The highest BCUT2D eigenvalue weighted by atomic mass is 32.1. The lowest BCUT2D eigenvalue weighted by molar-refractivity contribution is -0.137. The molecular weight excluding hydrogens is 361 g/mol. The van der Waals surface area contributed by atoms with Crippen LogP contribution in [0.1, 0.15) is 11.1 Å². The molecule has 8 heteroatoms. The lowest BCUT2D eigenvalue weighted by Gasteiger charge is -2.36. The fourth-order valence-corrected chi connectivity index (χ4v) is 3.02. The fraction of sp³-hybridized carbons (Fsp3) is 0.333. The van der Waals surface area contributed by atoms with Crippen LogP contribution in [0.5, 0.6) is 0 Å². The van der Waals surface area contributed by atoms with Crippen molar-refractivity contribution in [2.45, 2.75) is 13.1 Å². The first-order chi connectivity index (χ1) is 12.3. The Kier molecular flexibility index (Phi) is 5.31. The Bertz CT molecular complexity index is 752. The molecule has 0 aliphatic carbocycles. The minimum absolute atomic E-state index is 0.551. The summed E-state index contributed by atoms with van der Waals surface area (Å²) in [4.78, 5) is 7.97. The van der Waals surface area contributed by atoms with Crippen LogP contribution >= 0.6 is 12.2 Å². The van der Waals surface area contributed by atoms with E-state index in [1.54, 1.807) is 0 Å². The van der Waals surface area contributed by atoms with Crippen LogP contribution in [-0.2, 0) is 6.18 Å². The molecule has 1 aromatic heterocycles. The number of anilines is 2. The number of rotatable bonds is 2. The Labute approximate surface area is 155 Å². The first-order valence-electron chi connectivity index (χ1n) is 8.24. The van der Waals surface area contributed by atoms with E-state index < -0.39 is 11.7 Å². The highest BCUT2D eigenvalue weighted by Gasteiger charge is 2.31. The average Bonchev–Trinajstić information content (AvgIpc) is 2.63. The maximum absolute atomic E-state index is 12.6. The smallest absolute Gasteiger partial charge is 0.353 e. The first kappa shape index (κ1) is 18.4. The fourth-order valence-electron chi connectivity index (χ4n) is 2.72. The molecule has 0 amide bonds. The summed E-state index contributed by atoms with van der Waals surface area (Å²) >= 11 is 5.46. The molecular formula is C18H19F3N4S. The summed E-state index contributed by atoms with van der Waals surface area (Å²) in [5.74, 6) is 0.551. The van der Waals surface area contributed by atoms with Crippen molar-refractivity contribution in [2.24, 2.45) is 0 Å². The van der Waals surface area contributed by atoms with Gasteiger partial charge >= 0.3 is 6.18 Å². The summed E-state index contributed by atoms with van der Waals surface area (Å²) in [6.07, 6.45) is -3.48. The SMILES string of the molecule is Cc1ccc(NC(=S)N2CCN(c3ccc(C(F)(F)F)cn3)CC2)cc1. The maximum atomic E-state index is 12.6. The number of hydrogen-bond acceptors (Lipinski definition) is 3. The van der Waals surface area contributed by atoms with Crippen molar-refractivity contribution in [1.29, 1.82) is 0 Å². The largest absolute Gasteiger partial charge is 0.417 e. The van der Waals surface area contributed by atoms with E-state index in [0.717, 1.165) is 18.0 Å². The standard InChI is InChI=1S/C18H19F3N4S/c1-13-2-5-15(6-3-13)23-17(26)25-10-8-24(9-11-25)16-7-4-14(12-22-16)18(19,20)21/h2-7,12H,8-11H2,1H3,(H,23,26). The lowest BCUT2D eigenvalue weighted by atomic mass is 10.2. The van der Waals surface area contributed by atoms with Gasteiger partial charge in [0, 0.05) is 38.1 Å². The zero-order chi connectivity index (χ0) is 18.7. The Morgan fingerprint density at radius 1 is 1.04 bits per heavy atom. The van der Waals surface area contributed by atoms with Crippen LogP contribution in [0.3, 0.4) is 0 Å². The van der Waals surface area contributed by atoms with Gasteiger partial charge in [-0.15, -0.1) is 0 Å². The molecule has 4 nitrogen and oxygen atoms in total. The molecule has 2 aromatic rings. The molecule has 1 aliphatic rings. The van der Waals surface area contributed by atoms with E-state index in [1.807, 2.05) is 36.1 Å². The van der Waals surface area contributed by atoms with Gasteiger partial charge in [0.05, 0.1) is 5.56 Å². The zero-order valence-corrected chi connectivity index (χ0v) is 15.1. The Morgan fingerprint density at radius 3 is 2.23 bits per heavy atom. The number of aryl methyl sites for hydroxylation is 1. The molecule has 0 unspecified atom stereocenters. The molecule has 1 saturated heterocycles. The van der Waals surface area contributed by atoms with Gasteiger partial charge in [-0.05, 0) is 43.4 Å². The van der Waals surface area contributed by atoms with Gasteiger partial charge in [-0.1, -0.05) is 17.7 Å². The molecule has 3 rings (SSSR count). The topological polar surface area (TPSA) is 31.4 Å². The molecule has 0 saturated carbocycles. The van der Waals surface area contributed by atoms with Gasteiger partial charge in [0.2, 0.25) is 0 Å². The number of pyridine rings is 1. The maximum Gasteiger partial charge on any atom is 0.417 e. The third-order valence-electron chi connectivity index (χ3n) is 4.27. The summed E-state index contributed by atoms with van der Waals surface area (Å²) in [5, 5.41) is 3.86. The number of piperazine rings is 1. The zero-order valence-electron chi connectivity index (χ0n) is 14.3. The van der Waals surface area contributed by atoms with E-state index in [-0.39, 0.29) is 0 Å². The number of hydrogen-bond donors (Lipinski definition) is 1. The van der Waals surface area contributed by atoms with Gasteiger partial charge in [-0.3, -0.25) is 0 Å². The molecule has 1 fully saturated rings. The van der Waals surface area contributed by atoms with E-state index in [2.05, 4.69) is 15.2 Å². The predicted molar refractivity (Wildman–Crippen MR) is 100 cm³/mol. The van der Waals surface area contributed by atoms with E-state index in [9.17, 15) is 13.2 Å². The Hall–Kier alpha value is -2.35. The quantitative estimate of drug-likeness (QED) is 0.798. The second kappa shape index (κ2) is 7.49. The number of aromatic nitrogens is 1. The van der Waals surface area contributed by atoms with E-state index in [0.29, 0.717) is 37.1 Å². The monoisotopic (exact) mass is 380 g/mol. The van der Waals surface area contributed by atoms with Crippen molar-refractivity contribution in [1.82, 2.24) is 9.88 Å². The summed E-state index contributed by atoms with van der Waals surface area (Å²) in [7, 11) is 0. The predicted octanol–water partition coefficient (Wildman–Crippen LogP) is 3.93. The van der Waals surface area contributed by atoms with Gasteiger partial charge < -0.3 is 15.1 Å². The molecule has 26 heavy (non-hydrogen) atoms. The van der Waals surface area contributed by atoms with E-state index >= 15 is 0 Å². The second-order valence-electron chi connectivity index (χ2n) is 6.17. The molecule has 1 aliphatic heterocycles. The van der Waals surface area contributed by atoms with Crippen molar-refractivity contribution < 1.29 is 13.2 Å². The van der Waals surface area contributed by atoms with E-state index in [4.69, 9.17) is 12.2 Å². The molecule has 138 valence electrons. The summed E-state index contributed by atoms with van der Waals surface area (Å²) in [6.45, 7) is 4.68. The lowest BCUT2D eigenvalue weighted by Crippen LogP contribution is -2.50. The van der Waals surface area contributed by atoms with Gasteiger partial charge in [-0.25, -0.2) is 4.98 Å². The van der Waals surface area contributed by atoms with Crippen LogP contribution in [-0.4, -0.2) is 41.2 Å². The highest BCUT2D eigenvalue weighted by molar-refractivity contribution is 7.80. The second-order valence-corrected chi connectivity index (χ2v) is 6.56. The highest BCUT2D eigenvalue weighted by Crippen LogP contribution is 2.29. The molecule has 0 atom stereocenters. The third-order valence-corrected chi connectivity index (χ3v) is 4.63. The van der Waals surface area contributed by atoms with Crippen LogP contribution in [0.15, 0.2) is 42.6 Å². The number of nitrogens with one attached hydrogen (secondary N) is 1. The van der Waals surface area contributed by atoms with Crippen LogP contribution in [0, 0.1) is 6.92 Å². The number of nitrogens with zero attached hydrogens (tertiary/aromatic N) is 3. The van der Waals surface area contributed by atoms with Gasteiger partial charge in [-0.2, -0.15) is 13.2 Å². The Balaban J connectivity index is 1.55. The van der Waals surface area contributed by atoms with Crippen molar-refractivity contribution in [3.63, 3.8) is 0 Å². The number of benzene rings is 1. The van der Waals surface area contributed by atoms with Crippen LogP contribution < -0.4 is 10.2 Å². The van der Waals surface area contributed by atoms with Crippen molar-refractivity contribution in [3.8, 4) is 0 Å². The van der Waals surface area contributed by atoms with E-state index in [1.165, 1.54) is 11.6 Å². The molecule has 0 spiro atoms. The average molecular weight is 380 g/mol. The summed E-state index contributed by atoms with van der Waals surface area (Å²) < 4.78 is 37.9. The van der Waals surface area contributed by atoms with Crippen molar-refractivity contribution in [2.75, 3.05) is 36.4 Å². The minimum atomic E-state index is -4.36. The number of halogens is 3. The Morgan fingerprint density at radius 2 is 1.69 bits per heavy atom.